The number of rotatable bonds is 1. The fourth-order valence-corrected chi connectivity index (χ4v) is 4.03. The number of hydrazone groups is 1. The van der Waals surface area contributed by atoms with Gasteiger partial charge in [-0.25, -0.2) is 0 Å². The van der Waals surface area contributed by atoms with E-state index in [-0.39, 0.29) is 34.0 Å². The first-order valence-electron chi connectivity index (χ1n) is 9.13. The van der Waals surface area contributed by atoms with Gasteiger partial charge in [0.05, 0.1) is 5.92 Å². The largest absolute Gasteiger partial charge is 0.439 e. The van der Waals surface area contributed by atoms with E-state index in [9.17, 15) is 23.1 Å². The molecule has 1 aromatic rings. The van der Waals surface area contributed by atoms with E-state index in [4.69, 9.17) is 0 Å². The monoisotopic (exact) mass is 382 g/mol. The molecule has 148 valence electrons. The first-order valence-corrected chi connectivity index (χ1v) is 9.13. The molecule has 7 heteroatoms. The van der Waals surface area contributed by atoms with Crippen molar-refractivity contribution in [3.8, 4) is 0 Å². The molecule has 0 unspecified atom stereocenters. The van der Waals surface area contributed by atoms with Gasteiger partial charge in [-0.15, -0.1) is 0 Å². The number of aryl methyl sites for hydroxylation is 1. The number of aliphatic hydroxyl groups is 1. The number of fused-ring (bicyclic) bond motifs is 1. The summed E-state index contributed by atoms with van der Waals surface area (Å²) in [7, 11) is 0. The summed E-state index contributed by atoms with van der Waals surface area (Å²) >= 11 is 0. The van der Waals surface area contributed by atoms with Crippen molar-refractivity contribution < 1.29 is 23.1 Å². The topological polar surface area (TPSA) is 52.9 Å². The van der Waals surface area contributed by atoms with Crippen LogP contribution in [0.2, 0.25) is 0 Å². The normalized spacial score (nSPS) is 28.7. The summed E-state index contributed by atoms with van der Waals surface area (Å²) in [6, 6.07) is 6.20. The average molecular weight is 382 g/mol. The molecule has 0 spiro atoms. The number of carbonyl (C=O) groups excluding carboxylic acids is 1. The third-order valence-corrected chi connectivity index (χ3v) is 5.84. The van der Waals surface area contributed by atoms with Gasteiger partial charge in [0.25, 0.3) is 11.6 Å². The molecule has 0 radical (unpaired) electrons. The van der Waals surface area contributed by atoms with Crippen LogP contribution in [0, 0.1) is 24.2 Å². The Bertz CT molecular complexity index is 765. The Hall–Kier alpha value is -1.89. The van der Waals surface area contributed by atoms with Crippen molar-refractivity contribution in [2.24, 2.45) is 22.4 Å². The minimum Gasteiger partial charge on any atom is -0.362 e. The van der Waals surface area contributed by atoms with Crippen molar-refractivity contribution in [1.82, 2.24) is 5.01 Å². The number of hydrogen-bond donors (Lipinski definition) is 1. The van der Waals surface area contributed by atoms with Crippen LogP contribution in [0.4, 0.5) is 13.2 Å². The molecule has 0 bridgehead atoms. The maximum Gasteiger partial charge on any atom is 0.439 e. The van der Waals surface area contributed by atoms with Crippen molar-refractivity contribution in [2.75, 3.05) is 0 Å². The molecule has 1 N–H and O–H groups in total. The Labute approximate surface area is 157 Å². The average Bonchev–Trinajstić information content (AvgIpc) is 2.88. The lowest BCUT2D eigenvalue weighted by Crippen LogP contribution is -2.62. The van der Waals surface area contributed by atoms with Crippen LogP contribution in [0.3, 0.4) is 0 Å². The minimum atomic E-state index is -5.01. The van der Waals surface area contributed by atoms with Gasteiger partial charge in [0.2, 0.25) is 0 Å². The van der Waals surface area contributed by atoms with Crippen LogP contribution < -0.4 is 0 Å². The van der Waals surface area contributed by atoms with E-state index < -0.39 is 23.7 Å². The van der Waals surface area contributed by atoms with Crippen LogP contribution in [0.15, 0.2) is 29.4 Å². The lowest BCUT2D eigenvalue weighted by molar-refractivity contribution is -0.314. The maximum absolute atomic E-state index is 14.0. The van der Waals surface area contributed by atoms with Gasteiger partial charge in [0.15, 0.2) is 0 Å². The van der Waals surface area contributed by atoms with Crippen LogP contribution in [-0.2, 0) is 0 Å². The fourth-order valence-electron chi connectivity index (χ4n) is 4.03. The Morgan fingerprint density at radius 2 is 1.81 bits per heavy atom. The highest BCUT2D eigenvalue weighted by atomic mass is 19.4. The first kappa shape index (κ1) is 19.9. The summed E-state index contributed by atoms with van der Waals surface area (Å²) in [6.07, 6.45) is -3.82. The quantitative estimate of drug-likeness (QED) is 0.776. The second-order valence-electron chi connectivity index (χ2n) is 8.69. The molecule has 2 aliphatic rings. The number of carbonyl (C=O) groups is 1. The first-order chi connectivity index (χ1) is 12.4. The third kappa shape index (κ3) is 3.26. The van der Waals surface area contributed by atoms with Crippen molar-refractivity contribution in [3.05, 3.63) is 35.4 Å². The highest BCUT2D eigenvalue weighted by Crippen LogP contribution is 2.52. The smallest absolute Gasteiger partial charge is 0.362 e. The molecule has 3 atom stereocenters. The van der Waals surface area contributed by atoms with Crippen molar-refractivity contribution in [2.45, 2.75) is 58.9 Å². The Balaban J connectivity index is 2.01. The molecule has 3 rings (SSSR count). The number of hydrogen-bond acceptors (Lipinski definition) is 3. The summed E-state index contributed by atoms with van der Waals surface area (Å²) in [4.78, 5) is 12.8. The van der Waals surface area contributed by atoms with Crippen LogP contribution in [0.25, 0.3) is 0 Å². The van der Waals surface area contributed by atoms with E-state index in [1.165, 1.54) is 12.1 Å². The molecule has 1 aromatic carbocycles. The van der Waals surface area contributed by atoms with E-state index in [2.05, 4.69) is 5.10 Å². The molecule has 1 saturated carbocycles. The van der Waals surface area contributed by atoms with Gasteiger partial charge in [-0.05, 0) is 49.7 Å². The van der Waals surface area contributed by atoms with Gasteiger partial charge in [0.1, 0.15) is 0 Å². The van der Waals surface area contributed by atoms with Gasteiger partial charge < -0.3 is 5.11 Å². The Morgan fingerprint density at radius 1 is 1.22 bits per heavy atom. The van der Waals surface area contributed by atoms with Crippen LogP contribution in [-0.4, -0.2) is 33.6 Å². The number of benzene rings is 1. The predicted octanol–water partition coefficient (Wildman–Crippen LogP) is 4.52. The minimum absolute atomic E-state index is 0.00440. The Morgan fingerprint density at radius 3 is 2.33 bits per heavy atom. The molecule has 1 amide bonds. The molecule has 1 aliphatic heterocycles. The number of amides is 1. The zero-order valence-corrected chi connectivity index (χ0v) is 16.0. The second kappa shape index (κ2) is 6.33. The molecular weight excluding hydrogens is 357 g/mol. The summed E-state index contributed by atoms with van der Waals surface area (Å²) in [5.74, 6) is -2.17. The zero-order valence-electron chi connectivity index (χ0n) is 16.0. The van der Waals surface area contributed by atoms with Crippen LogP contribution in [0.1, 0.15) is 56.0 Å². The van der Waals surface area contributed by atoms with Gasteiger partial charge in [-0.2, -0.15) is 23.3 Å². The standard InChI is InChI=1S/C20H25F3N2O2/c1-12-5-7-13(8-6-12)17(26)25-19(27,20(21,22)23)15-11-14(18(2,3)4)9-10-16(15)24-25/h5-8,14-15,27H,9-11H2,1-4H3/t14-,15+,19-/m0/s1. The van der Waals surface area contributed by atoms with Crippen molar-refractivity contribution >= 4 is 11.6 Å². The predicted molar refractivity (Wildman–Crippen MR) is 96.1 cm³/mol. The SMILES string of the molecule is Cc1ccc(C(=O)N2N=C3CC[C@H](C(C)(C)C)C[C@H]3[C@]2(O)C(F)(F)F)cc1. The maximum atomic E-state index is 14.0. The molecule has 4 nitrogen and oxygen atoms in total. The Kier molecular flexibility index (Phi) is 4.65. The highest BCUT2D eigenvalue weighted by molar-refractivity contribution is 5.99. The summed E-state index contributed by atoms with van der Waals surface area (Å²) < 4.78 is 42.0. The van der Waals surface area contributed by atoms with Crippen LogP contribution >= 0.6 is 0 Å². The number of nitrogens with zero attached hydrogens (tertiary/aromatic N) is 2. The lowest BCUT2D eigenvalue weighted by atomic mass is 9.66. The van der Waals surface area contributed by atoms with Gasteiger partial charge in [-0.3, -0.25) is 4.79 Å². The van der Waals surface area contributed by atoms with Gasteiger partial charge >= 0.3 is 6.18 Å². The van der Waals surface area contributed by atoms with E-state index >= 15 is 0 Å². The van der Waals surface area contributed by atoms with Gasteiger partial charge in [-0.1, -0.05) is 38.5 Å². The van der Waals surface area contributed by atoms with E-state index in [0.29, 0.717) is 12.8 Å². The molecule has 1 fully saturated rings. The van der Waals surface area contributed by atoms with Gasteiger partial charge in [0, 0.05) is 11.3 Å². The second-order valence-corrected chi connectivity index (χ2v) is 8.69. The summed E-state index contributed by atoms with van der Waals surface area (Å²) in [5, 5.41) is 15.1. The van der Waals surface area contributed by atoms with E-state index in [1.807, 2.05) is 27.7 Å². The van der Waals surface area contributed by atoms with E-state index in [1.54, 1.807) is 12.1 Å². The third-order valence-electron chi connectivity index (χ3n) is 5.84. The number of halogens is 3. The number of alkyl halides is 3. The lowest BCUT2D eigenvalue weighted by Gasteiger charge is -2.42. The highest BCUT2D eigenvalue weighted by Gasteiger charge is 2.69. The fraction of sp³-hybridized carbons (Fsp3) is 0.600. The molecule has 0 aromatic heterocycles. The van der Waals surface area contributed by atoms with Crippen LogP contribution in [0.5, 0.6) is 0 Å². The summed E-state index contributed by atoms with van der Waals surface area (Å²) in [5.41, 5.74) is -2.29. The van der Waals surface area contributed by atoms with Crippen molar-refractivity contribution in [3.63, 3.8) is 0 Å². The molecule has 1 heterocycles. The molecule has 27 heavy (non-hydrogen) atoms. The molecule has 1 aliphatic carbocycles. The zero-order chi connectivity index (χ0) is 20.2. The summed E-state index contributed by atoms with van der Waals surface area (Å²) in [6.45, 7) is 7.77. The van der Waals surface area contributed by atoms with E-state index in [0.717, 1.165) is 5.56 Å². The molecule has 0 saturated heterocycles. The van der Waals surface area contributed by atoms with Crippen molar-refractivity contribution in [1.29, 1.82) is 0 Å². The molecular formula is C20H25F3N2O2.